The number of carbonyl (C=O) groups excluding carboxylic acids is 2. The molecule has 1 aromatic heterocycles. The molecule has 6 heteroatoms. The van der Waals surface area contributed by atoms with Crippen molar-refractivity contribution in [1.29, 1.82) is 0 Å². The SMILES string of the molecule is Cc1ccc(CN2C(=O)[C@@H]([C@@H](C)C(=O)NCc3ccco3)Sc3ccccc32)cc1. The molecule has 1 N–H and O–H groups in total. The van der Waals surface area contributed by atoms with Gasteiger partial charge >= 0.3 is 0 Å². The van der Waals surface area contributed by atoms with E-state index < -0.39 is 11.2 Å². The second-order valence-corrected chi connectivity index (χ2v) is 8.69. The van der Waals surface area contributed by atoms with Gasteiger partial charge in [-0.25, -0.2) is 0 Å². The summed E-state index contributed by atoms with van der Waals surface area (Å²) in [5.41, 5.74) is 3.14. The number of rotatable bonds is 6. The lowest BCUT2D eigenvalue weighted by Gasteiger charge is -2.35. The molecule has 0 bridgehead atoms. The predicted octanol–water partition coefficient (Wildman–Crippen LogP) is 4.55. The van der Waals surface area contributed by atoms with Crippen molar-refractivity contribution in [3.05, 3.63) is 83.8 Å². The van der Waals surface area contributed by atoms with Crippen molar-refractivity contribution in [2.45, 2.75) is 37.1 Å². The summed E-state index contributed by atoms with van der Waals surface area (Å²) >= 11 is 1.47. The summed E-state index contributed by atoms with van der Waals surface area (Å²) in [5, 5.41) is 2.40. The maximum absolute atomic E-state index is 13.4. The van der Waals surface area contributed by atoms with E-state index in [1.165, 1.54) is 17.3 Å². The van der Waals surface area contributed by atoms with Crippen LogP contribution < -0.4 is 10.2 Å². The Morgan fingerprint density at radius 3 is 2.63 bits per heavy atom. The van der Waals surface area contributed by atoms with E-state index in [0.717, 1.165) is 16.1 Å². The zero-order valence-corrected chi connectivity index (χ0v) is 17.8. The van der Waals surface area contributed by atoms with Crippen LogP contribution in [-0.4, -0.2) is 17.1 Å². The van der Waals surface area contributed by atoms with Crippen molar-refractivity contribution in [3.8, 4) is 0 Å². The molecule has 3 aromatic rings. The van der Waals surface area contributed by atoms with Gasteiger partial charge in [0.05, 0.1) is 31.0 Å². The highest BCUT2D eigenvalue weighted by molar-refractivity contribution is 8.01. The summed E-state index contributed by atoms with van der Waals surface area (Å²) in [4.78, 5) is 29.0. The van der Waals surface area contributed by atoms with Gasteiger partial charge in [-0.1, -0.05) is 48.9 Å². The lowest BCUT2D eigenvalue weighted by molar-refractivity contribution is -0.128. The van der Waals surface area contributed by atoms with E-state index >= 15 is 0 Å². The van der Waals surface area contributed by atoms with Gasteiger partial charge in [-0.05, 0) is 36.8 Å². The van der Waals surface area contributed by atoms with Crippen LogP contribution in [0.3, 0.4) is 0 Å². The van der Waals surface area contributed by atoms with Crippen molar-refractivity contribution in [2.75, 3.05) is 4.90 Å². The highest BCUT2D eigenvalue weighted by Gasteiger charge is 2.39. The van der Waals surface area contributed by atoms with Gasteiger partial charge in [0.1, 0.15) is 11.0 Å². The fourth-order valence-electron chi connectivity index (χ4n) is 3.48. The third-order valence-corrected chi connectivity index (χ3v) is 6.73. The number of nitrogens with one attached hydrogen (secondary N) is 1. The fourth-order valence-corrected chi connectivity index (χ4v) is 4.77. The molecule has 2 atom stereocenters. The van der Waals surface area contributed by atoms with E-state index in [2.05, 4.69) is 5.32 Å². The van der Waals surface area contributed by atoms with Gasteiger partial charge in [0.25, 0.3) is 0 Å². The minimum atomic E-state index is -0.484. The van der Waals surface area contributed by atoms with Crippen molar-refractivity contribution in [2.24, 2.45) is 5.92 Å². The Labute approximate surface area is 180 Å². The topological polar surface area (TPSA) is 62.6 Å². The first-order valence-electron chi connectivity index (χ1n) is 9.95. The molecule has 0 unspecified atom stereocenters. The Bertz CT molecular complexity index is 1030. The zero-order valence-electron chi connectivity index (χ0n) is 17.0. The Balaban J connectivity index is 1.54. The van der Waals surface area contributed by atoms with Crippen LogP contribution in [0.15, 0.2) is 76.2 Å². The summed E-state index contributed by atoms with van der Waals surface area (Å²) in [5.74, 6) is 0.00249. The number of anilines is 1. The van der Waals surface area contributed by atoms with E-state index in [9.17, 15) is 9.59 Å². The molecular formula is C24H24N2O3S. The molecular weight excluding hydrogens is 396 g/mol. The molecule has 0 spiro atoms. The average Bonchev–Trinajstić information content (AvgIpc) is 3.28. The van der Waals surface area contributed by atoms with E-state index in [4.69, 9.17) is 4.42 Å². The number of furan rings is 1. The van der Waals surface area contributed by atoms with Gasteiger partial charge < -0.3 is 14.6 Å². The normalized spacial score (nSPS) is 16.8. The number of hydrogen-bond acceptors (Lipinski definition) is 4. The zero-order chi connectivity index (χ0) is 21.1. The first-order valence-corrected chi connectivity index (χ1v) is 10.8. The third kappa shape index (κ3) is 4.28. The molecule has 0 saturated heterocycles. The molecule has 1 aliphatic rings. The van der Waals surface area contributed by atoms with Crippen LogP contribution in [-0.2, 0) is 22.7 Å². The Kier molecular flexibility index (Phi) is 5.95. The first kappa shape index (κ1) is 20.3. The Hall–Kier alpha value is -2.99. The highest BCUT2D eigenvalue weighted by atomic mass is 32.2. The number of benzene rings is 2. The van der Waals surface area contributed by atoms with Crippen LogP contribution in [0.1, 0.15) is 23.8 Å². The van der Waals surface area contributed by atoms with Crippen molar-refractivity contribution in [3.63, 3.8) is 0 Å². The summed E-state index contributed by atoms with van der Waals surface area (Å²) in [6, 6.07) is 19.7. The molecule has 2 amide bonds. The van der Waals surface area contributed by atoms with Crippen molar-refractivity contribution < 1.29 is 14.0 Å². The van der Waals surface area contributed by atoms with Gasteiger partial charge in [-0.3, -0.25) is 9.59 Å². The van der Waals surface area contributed by atoms with Gasteiger partial charge in [-0.15, -0.1) is 11.8 Å². The molecule has 0 saturated carbocycles. The van der Waals surface area contributed by atoms with Crippen LogP contribution >= 0.6 is 11.8 Å². The molecule has 5 nitrogen and oxygen atoms in total. The summed E-state index contributed by atoms with van der Waals surface area (Å²) < 4.78 is 5.27. The molecule has 0 aliphatic carbocycles. The number of fused-ring (bicyclic) bond motifs is 1. The number of hydrogen-bond donors (Lipinski definition) is 1. The largest absolute Gasteiger partial charge is 0.467 e. The molecule has 2 heterocycles. The molecule has 154 valence electrons. The maximum atomic E-state index is 13.4. The summed E-state index contributed by atoms with van der Waals surface area (Å²) in [7, 11) is 0. The Morgan fingerprint density at radius 2 is 1.90 bits per heavy atom. The van der Waals surface area contributed by atoms with Crippen LogP contribution in [0.4, 0.5) is 5.69 Å². The number of para-hydroxylation sites is 1. The maximum Gasteiger partial charge on any atom is 0.241 e. The minimum Gasteiger partial charge on any atom is -0.467 e. The fraction of sp³-hybridized carbons (Fsp3) is 0.250. The van der Waals surface area contributed by atoms with E-state index in [1.807, 2.05) is 68.4 Å². The monoisotopic (exact) mass is 420 g/mol. The predicted molar refractivity (Wildman–Crippen MR) is 118 cm³/mol. The standard InChI is InChI=1S/C24H24N2O3S/c1-16-9-11-18(12-10-16)15-26-20-7-3-4-8-21(20)30-22(24(26)28)17(2)23(27)25-14-19-6-5-13-29-19/h3-13,17,22H,14-15H2,1-2H3,(H,25,27)/t17-,22-/m1/s1. The van der Waals surface area contributed by atoms with Gasteiger partial charge in [0.15, 0.2) is 0 Å². The molecule has 2 aromatic carbocycles. The highest BCUT2D eigenvalue weighted by Crippen LogP contribution is 2.42. The molecule has 30 heavy (non-hydrogen) atoms. The number of amides is 2. The van der Waals surface area contributed by atoms with E-state index in [0.29, 0.717) is 18.8 Å². The second-order valence-electron chi connectivity index (χ2n) is 7.50. The van der Waals surface area contributed by atoms with Crippen LogP contribution in [0.5, 0.6) is 0 Å². The average molecular weight is 421 g/mol. The number of aryl methyl sites for hydroxylation is 1. The van der Waals surface area contributed by atoms with Gasteiger partial charge in [-0.2, -0.15) is 0 Å². The van der Waals surface area contributed by atoms with E-state index in [1.54, 1.807) is 17.2 Å². The first-order chi connectivity index (χ1) is 14.5. The van der Waals surface area contributed by atoms with Crippen molar-refractivity contribution >= 4 is 29.3 Å². The number of nitrogens with zero attached hydrogens (tertiary/aromatic N) is 1. The molecule has 0 fully saturated rings. The quantitative estimate of drug-likeness (QED) is 0.636. The number of thioether (sulfide) groups is 1. The van der Waals surface area contributed by atoms with Crippen LogP contribution in [0.25, 0.3) is 0 Å². The van der Waals surface area contributed by atoms with Crippen LogP contribution in [0.2, 0.25) is 0 Å². The summed E-state index contributed by atoms with van der Waals surface area (Å²) in [6.45, 7) is 4.64. The smallest absolute Gasteiger partial charge is 0.241 e. The lowest BCUT2D eigenvalue weighted by Crippen LogP contribution is -2.47. The van der Waals surface area contributed by atoms with E-state index in [-0.39, 0.29) is 11.8 Å². The number of carbonyl (C=O) groups is 2. The Morgan fingerprint density at radius 1 is 1.13 bits per heavy atom. The molecule has 4 rings (SSSR count). The second kappa shape index (κ2) is 8.79. The van der Waals surface area contributed by atoms with Gasteiger partial charge in [0.2, 0.25) is 11.8 Å². The molecule has 1 aliphatic heterocycles. The molecule has 0 radical (unpaired) electrons. The van der Waals surface area contributed by atoms with Crippen molar-refractivity contribution in [1.82, 2.24) is 5.32 Å². The summed E-state index contributed by atoms with van der Waals surface area (Å²) in [6.07, 6.45) is 1.57. The van der Waals surface area contributed by atoms with Crippen LogP contribution in [0, 0.1) is 12.8 Å². The minimum absolute atomic E-state index is 0.0417. The van der Waals surface area contributed by atoms with Gasteiger partial charge in [0, 0.05) is 4.90 Å². The lowest BCUT2D eigenvalue weighted by atomic mass is 10.0. The third-order valence-electron chi connectivity index (χ3n) is 5.27.